The summed E-state index contributed by atoms with van der Waals surface area (Å²) < 4.78 is 0. The number of phenols is 2. The van der Waals surface area contributed by atoms with E-state index in [4.69, 9.17) is 0 Å². The number of rotatable bonds is 4. The lowest BCUT2D eigenvalue weighted by Crippen LogP contribution is -2.40. The molecule has 1 saturated heterocycles. The van der Waals surface area contributed by atoms with E-state index < -0.39 is 0 Å². The van der Waals surface area contributed by atoms with Gasteiger partial charge < -0.3 is 20.4 Å². The first kappa shape index (κ1) is 14.2. The van der Waals surface area contributed by atoms with Crippen LogP contribution in [0.25, 0.3) is 0 Å². The van der Waals surface area contributed by atoms with Crippen molar-refractivity contribution in [2.45, 2.75) is 31.7 Å². The molecule has 5 nitrogen and oxygen atoms in total. The van der Waals surface area contributed by atoms with Crippen LogP contribution in [0.2, 0.25) is 0 Å². The first-order valence-corrected chi connectivity index (χ1v) is 7.69. The minimum atomic E-state index is -0.307. The summed E-state index contributed by atoms with van der Waals surface area (Å²) in [4.78, 5) is 14.6. The number of amides is 1. The van der Waals surface area contributed by atoms with E-state index in [0.717, 1.165) is 45.3 Å². The number of aromatic hydroxyl groups is 2. The molecule has 1 amide bonds. The SMILES string of the molecule is O=C(c1cccc(O)c1O)N(CC1CCNCC1)C1CC1. The van der Waals surface area contributed by atoms with Crippen LogP contribution in [0.1, 0.15) is 36.0 Å². The Morgan fingerprint density at radius 3 is 2.57 bits per heavy atom. The van der Waals surface area contributed by atoms with E-state index in [0.29, 0.717) is 12.0 Å². The maximum atomic E-state index is 12.7. The molecule has 0 aromatic heterocycles. The highest BCUT2D eigenvalue weighted by Gasteiger charge is 2.35. The van der Waals surface area contributed by atoms with E-state index >= 15 is 0 Å². The molecule has 0 unspecified atom stereocenters. The van der Waals surface area contributed by atoms with Gasteiger partial charge in [0, 0.05) is 12.6 Å². The monoisotopic (exact) mass is 290 g/mol. The fourth-order valence-electron chi connectivity index (χ4n) is 2.99. The molecule has 5 heteroatoms. The summed E-state index contributed by atoms with van der Waals surface area (Å²) in [5, 5.41) is 22.8. The molecule has 1 aromatic rings. The van der Waals surface area contributed by atoms with Crippen molar-refractivity contribution in [3.05, 3.63) is 23.8 Å². The number of carbonyl (C=O) groups is 1. The number of benzene rings is 1. The molecule has 0 bridgehead atoms. The highest BCUT2D eigenvalue weighted by Crippen LogP contribution is 2.34. The highest BCUT2D eigenvalue weighted by atomic mass is 16.3. The molecular formula is C16H22N2O3. The lowest BCUT2D eigenvalue weighted by Gasteiger charge is -2.30. The molecule has 0 spiro atoms. The van der Waals surface area contributed by atoms with Gasteiger partial charge in [0.2, 0.25) is 0 Å². The smallest absolute Gasteiger partial charge is 0.258 e. The molecule has 1 saturated carbocycles. The number of para-hydroxylation sites is 1. The Morgan fingerprint density at radius 1 is 1.19 bits per heavy atom. The third-order valence-corrected chi connectivity index (χ3v) is 4.41. The van der Waals surface area contributed by atoms with E-state index in [1.807, 2.05) is 4.90 Å². The molecule has 3 rings (SSSR count). The Morgan fingerprint density at radius 2 is 1.90 bits per heavy atom. The lowest BCUT2D eigenvalue weighted by atomic mass is 9.97. The summed E-state index contributed by atoms with van der Waals surface area (Å²) in [5.74, 6) is -0.184. The summed E-state index contributed by atoms with van der Waals surface area (Å²) in [6, 6.07) is 4.86. The van der Waals surface area contributed by atoms with Crippen LogP contribution in [-0.4, -0.2) is 46.7 Å². The first-order valence-electron chi connectivity index (χ1n) is 7.69. The van der Waals surface area contributed by atoms with Gasteiger partial charge in [-0.15, -0.1) is 0 Å². The zero-order valence-electron chi connectivity index (χ0n) is 12.1. The van der Waals surface area contributed by atoms with Gasteiger partial charge >= 0.3 is 0 Å². The van der Waals surface area contributed by atoms with Crippen molar-refractivity contribution >= 4 is 5.91 Å². The van der Waals surface area contributed by atoms with E-state index in [1.165, 1.54) is 6.07 Å². The van der Waals surface area contributed by atoms with Gasteiger partial charge in [-0.2, -0.15) is 0 Å². The molecule has 114 valence electrons. The quantitative estimate of drug-likeness (QED) is 0.738. The second-order valence-corrected chi connectivity index (χ2v) is 6.06. The predicted octanol–water partition coefficient (Wildman–Crippen LogP) is 1.70. The fourth-order valence-corrected chi connectivity index (χ4v) is 2.99. The summed E-state index contributed by atoms with van der Waals surface area (Å²) in [6.07, 6.45) is 4.25. The van der Waals surface area contributed by atoms with Crippen LogP contribution in [0, 0.1) is 5.92 Å². The third-order valence-electron chi connectivity index (χ3n) is 4.41. The fraction of sp³-hybridized carbons (Fsp3) is 0.562. The van der Waals surface area contributed by atoms with Crippen molar-refractivity contribution in [1.82, 2.24) is 10.2 Å². The standard InChI is InChI=1S/C16H22N2O3/c19-14-3-1-2-13(15(14)20)16(21)18(12-4-5-12)10-11-6-8-17-9-7-11/h1-3,11-12,17,19-20H,4-10H2. The van der Waals surface area contributed by atoms with Gasteiger partial charge in [0.05, 0.1) is 5.56 Å². The molecule has 1 aromatic carbocycles. The Hall–Kier alpha value is -1.75. The van der Waals surface area contributed by atoms with Crippen LogP contribution in [0.4, 0.5) is 0 Å². The van der Waals surface area contributed by atoms with Crippen LogP contribution in [0.3, 0.4) is 0 Å². The molecule has 0 atom stereocenters. The Balaban J connectivity index is 1.76. The Labute approximate surface area is 124 Å². The van der Waals surface area contributed by atoms with Crippen molar-refractivity contribution < 1.29 is 15.0 Å². The van der Waals surface area contributed by atoms with Crippen molar-refractivity contribution in [1.29, 1.82) is 0 Å². The summed E-state index contributed by atoms with van der Waals surface area (Å²) in [6.45, 7) is 2.77. The molecule has 1 heterocycles. The Kier molecular flexibility index (Phi) is 4.01. The molecule has 0 radical (unpaired) electrons. The summed E-state index contributed by atoms with van der Waals surface area (Å²) in [5.41, 5.74) is 0.204. The second-order valence-electron chi connectivity index (χ2n) is 6.06. The zero-order chi connectivity index (χ0) is 14.8. The van der Waals surface area contributed by atoms with Crippen LogP contribution in [0.15, 0.2) is 18.2 Å². The minimum absolute atomic E-state index is 0.163. The van der Waals surface area contributed by atoms with Gasteiger partial charge in [-0.1, -0.05) is 6.07 Å². The average molecular weight is 290 g/mol. The second kappa shape index (κ2) is 5.93. The predicted molar refractivity (Wildman–Crippen MR) is 79.4 cm³/mol. The van der Waals surface area contributed by atoms with Gasteiger partial charge in [-0.3, -0.25) is 4.79 Å². The van der Waals surface area contributed by atoms with E-state index in [1.54, 1.807) is 12.1 Å². The normalized spacial score (nSPS) is 19.4. The van der Waals surface area contributed by atoms with Gasteiger partial charge in [-0.25, -0.2) is 0 Å². The van der Waals surface area contributed by atoms with Gasteiger partial charge in [-0.05, 0) is 56.8 Å². The number of hydrogen-bond donors (Lipinski definition) is 3. The van der Waals surface area contributed by atoms with Crippen LogP contribution in [0.5, 0.6) is 11.5 Å². The summed E-state index contributed by atoms with van der Waals surface area (Å²) >= 11 is 0. The van der Waals surface area contributed by atoms with Gasteiger partial charge in [0.1, 0.15) is 0 Å². The minimum Gasteiger partial charge on any atom is -0.504 e. The first-order chi connectivity index (χ1) is 10.2. The van der Waals surface area contributed by atoms with Crippen LogP contribution in [-0.2, 0) is 0 Å². The number of piperidine rings is 1. The van der Waals surface area contributed by atoms with E-state index in [-0.39, 0.29) is 23.0 Å². The number of hydrogen-bond acceptors (Lipinski definition) is 4. The van der Waals surface area contributed by atoms with Crippen LogP contribution < -0.4 is 5.32 Å². The highest BCUT2D eigenvalue weighted by molar-refractivity contribution is 5.98. The number of nitrogens with zero attached hydrogens (tertiary/aromatic N) is 1. The van der Waals surface area contributed by atoms with Gasteiger partial charge in [0.25, 0.3) is 5.91 Å². The molecule has 21 heavy (non-hydrogen) atoms. The van der Waals surface area contributed by atoms with Crippen molar-refractivity contribution in [3.63, 3.8) is 0 Å². The lowest BCUT2D eigenvalue weighted by molar-refractivity contribution is 0.0698. The number of nitrogens with one attached hydrogen (secondary N) is 1. The molecule has 2 aliphatic rings. The van der Waals surface area contributed by atoms with Gasteiger partial charge in [0.15, 0.2) is 11.5 Å². The molecule has 2 fully saturated rings. The molecule has 1 aliphatic carbocycles. The zero-order valence-corrected chi connectivity index (χ0v) is 12.1. The molecule has 3 N–H and O–H groups in total. The maximum Gasteiger partial charge on any atom is 0.258 e. The maximum absolute atomic E-state index is 12.7. The van der Waals surface area contributed by atoms with Crippen LogP contribution >= 0.6 is 0 Å². The van der Waals surface area contributed by atoms with Crippen molar-refractivity contribution in [2.24, 2.45) is 5.92 Å². The van der Waals surface area contributed by atoms with E-state index in [9.17, 15) is 15.0 Å². The average Bonchev–Trinajstić information content (AvgIpc) is 3.33. The topological polar surface area (TPSA) is 72.8 Å². The molecule has 1 aliphatic heterocycles. The Bertz CT molecular complexity index is 522. The number of phenolic OH excluding ortho intramolecular Hbond substituents is 2. The molecular weight excluding hydrogens is 268 g/mol. The van der Waals surface area contributed by atoms with Crippen molar-refractivity contribution in [2.75, 3.05) is 19.6 Å². The van der Waals surface area contributed by atoms with E-state index in [2.05, 4.69) is 5.32 Å². The summed E-state index contributed by atoms with van der Waals surface area (Å²) in [7, 11) is 0. The largest absolute Gasteiger partial charge is 0.504 e. The van der Waals surface area contributed by atoms with Crippen molar-refractivity contribution in [3.8, 4) is 11.5 Å². The third kappa shape index (κ3) is 3.13. The number of carbonyl (C=O) groups excluding carboxylic acids is 1.